The number of carbonyl (C=O) groups excluding carboxylic acids is 2. The highest BCUT2D eigenvalue weighted by atomic mass is 32.9. The summed E-state index contributed by atoms with van der Waals surface area (Å²) >= 11 is 6.21. The summed E-state index contributed by atoms with van der Waals surface area (Å²) in [6.07, 6.45) is -0.747. The molecule has 0 saturated heterocycles. The van der Waals surface area contributed by atoms with Crippen LogP contribution in [0.1, 0.15) is 5.56 Å². The van der Waals surface area contributed by atoms with Crippen molar-refractivity contribution in [2.24, 2.45) is 0 Å². The van der Waals surface area contributed by atoms with Crippen LogP contribution in [-0.2, 0) is 25.6 Å². The second-order valence-corrected chi connectivity index (χ2v) is 10.7. The number of nitrogens with zero attached hydrogens (tertiary/aromatic N) is 1. The summed E-state index contributed by atoms with van der Waals surface area (Å²) in [5.41, 5.74) is -1.72. The number of ether oxygens (including phenoxy) is 1. The van der Waals surface area contributed by atoms with Crippen molar-refractivity contribution in [2.45, 2.75) is 6.92 Å². The van der Waals surface area contributed by atoms with Gasteiger partial charge in [-0.05, 0) is 30.4 Å². The van der Waals surface area contributed by atoms with Crippen molar-refractivity contribution in [3.8, 4) is 5.75 Å². The van der Waals surface area contributed by atoms with Crippen LogP contribution in [0.25, 0.3) is 0 Å². The van der Waals surface area contributed by atoms with E-state index in [4.69, 9.17) is 25.6 Å². The normalized spacial score (nSPS) is 11.1. The molecule has 1 aromatic carbocycles. The summed E-state index contributed by atoms with van der Waals surface area (Å²) in [6.45, 7) is 1.81. The van der Waals surface area contributed by atoms with E-state index in [1.54, 1.807) is 12.1 Å². The maximum atomic E-state index is 12.0. The summed E-state index contributed by atoms with van der Waals surface area (Å²) in [4.78, 5) is 24.9. The molecule has 0 bridgehead atoms. The Balaban J connectivity index is 2.61. The first kappa shape index (κ1) is 19.1. The summed E-state index contributed by atoms with van der Waals surface area (Å²) in [6, 6.07) is 7.06. The molecule has 0 unspecified atom stereocenters. The van der Waals surface area contributed by atoms with Gasteiger partial charge in [-0.1, -0.05) is 29.6 Å². The molecule has 0 aromatic heterocycles. The van der Waals surface area contributed by atoms with Crippen molar-refractivity contribution in [3.63, 3.8) is 0 Å². The highest BCUT2D eigenvalue weighted by molar-refractivity contribution is 8.68. The third kappa shape index (κ3) is 5.37. The van der Waals surface area contributed by atoms with Gasteiger partial charge >= 0.3 is 6.09 Å². The molecule has 6 nitrogen and oxygen atoms in total. The van der Waals surface area contributed by atoms with Crippen LogP contribution in [0.3, 0.4) is 0 Å². The Kier molecular flexibility index (Phi) is 7.52. The Hall–Kier alpha value is -0.920. The average molecular weight is 363 g/mol. The summed E-state index contributed by atoms with van der Waals surface area (Å²) < 4.78 is 15.3. The summed E-state index contributed by atoms with van der Waals surface area (Å²) in [5.74, 6) is -0.0520. The van der Waals surface area contributed by atoms with Crippen molar-refractivity contribution in [2.75, 3.05) is 27.0 Å². The number of aryl methyl sites for hydroxylation is 1. The van der Waals surface area contributed by atoms with Gasteiger partial charge in [-0.25, -0.2) is 9.69 Å². The lowest BCUT2D eigenvalue weighted by Crippen LogP contribution is -2.36. The number of benzene rings is 1. The molecule has 22 heavy (non-hydrogen) atoms. The molecule has 0 aliphatic carbocycles. The molecule has 0 atom stereocenters. The van der Waals surface area contributed by atoms with Crippen LogP contribution in [0.2, 0.25) is 0 Å². The fourth-order valence-electron chi connectivity index (χ4n) is 1.35. The van der Waals surface area contributed by atoms with Crippen molar-refractivity contribution in [1.82, 2.24) is 4.90 Å². The van der Waals surface area contributed by atoms with Crippen LogP contribution in [0.5, 0.6) is 5.75 Å². The van der Waals surface area contributed by atoms with Gasteiger partial charge in [0.05, 0.1) is 5.75 Å². The van der Waals surface area contributed by atoms with Gasteiger partial charge in [0.25, 0.3) is 0 Å². The van der Waals surface area contributed by atoms with E-state index in [-0.39, 0.29) is 5.75 Å². The number of hydrogen-bond acceptors (Lipinski definition) is 7. The fraction of sp³-hybridized carbons (Fsp3) is 0.385. The Labute approximate surface area is 139 Å². The smallest absolute Gasteiger partial charge is 0.410 e. The molecular weight excluding hydrogens is 345 g/mol. The topological polar surface area (TPSA) is 65.1 Å². The van der Waals surface area contributed by atoms with Crippen molar-refractivity contribution in [1.29, 1.82) is 0 Å². The molecule has 9 heteroatoms. The molecule has 0 radical (unpaired) electrons. The SMILES string of the molecule is COP(=S)(OC)SCC(=O)N(C)C(=O)Oc1ccccc1C. The standard InChI is InChI=1S/C13H18NO5PS2/c1-10-7-5-6-8-11(10)19-13(16)14(2)12(15)9-22-20(21,17-3)18-4/h5-8H,9H2,1-4H3. The molecule has 0 saturated carbocycles. The first-order valence-corrected chi connectivity index (χ1v) is 10.5. The van der Waals surface area contributed by atoms with E-state index >= 15 is 0 Å². The van der Waals surface area contributed by atoms with Crippen LogP contribution in [-0.4, -0.2) is 43.9 Å². The van der Waals surface area contributed by atoms with E-state index in [0.717, 1.165) is 21.8 Å². The minimum absolute atomic E-state index is 0.0294. The number of imide groups is 1. The van der Waals surface area contributed by atoms with Gasteiger partial charge < -0.3 is 13.8 Å². The van der Waals surface area contributed by atoms with E-state index in [1.165, 1.54) is 21.3 Å². The van der Waals surface area contributed by atoms with Gasteiger partial charge in [-0.2, -0.15) is 0 Å². The minimum atomic E-state index is -2.53. The van der Waals surface area contributed by atoms with Gasteiger partial charge in [0, 0.05) is 21.3 Å². The Morgan fingerprint density at radius 2 is 1.86 bits per heavy atom. The van der Waals surface area contributed by atoms with Crippen molar-refractivity contribution >= 4 is 40.9 Å². The molecule has 0 fully saturated rings. The molecule has 0 heterocycles. The van der Waals surface area contributed by atoms with E-state index in [1.807, 2.05) is 19.1 Å². The van der Waals surface area contributed by atoms with Crippen molar-refractivity contribution in [3.05, 3.63) is 29.8 Å². The number of rotatable bonds is 6. The van der Waals surface area contributed by atoms with Gasteiger partial charge in [-0.3, -0.25) is 4.79 Å². The summed E-state index contributed by atoms with van der Waals surface area (Å²) in [7, 11) is 4.21. The van der Waals surface area contributed by atoms with Crippen LogP contribution >= 0.6 is 17.1 Å². The number of amides is 2. The first-order chi connectivity index (χ1) is 10.3. The Bertz CT molecular complexity index is 588. The highest BCUT2D eigenvalue weighted by Crippen LogP contribution is 2.59. The molecule has 0 N–H and O–H groups in total. The van der Waals surface area contributed by atoms with Gasteiger partial charge in [0.1, 0.15) is 5.75 Å². The van der Waals surface area contributed by atoms with Gasteiger partial charge in [-0.15, -0.1) is 0 Å². The number of hydrogen-bond donors (Lipinski definition) is 0. The highest BCUT2D eigenvalue weighted by Gasteiger charge is 2.24. The van der Waals surface area contributed by atoms with E-state index < -0.39 is 17.7 Å². The molecule has 0 aliphatic rings. The molecular formula is C13H18NO5PS2. The zero-order chi connectivity index (χ0) is 16.8. The zero-order valence-electron chi connectivity index (χ0n) is 12.8. The zero-order valence-corrected chi connectivity index (χ0v) is 15.3. The van der Waals surface area contributed by atoms with E-state index in [2.05, 4.69) is 0 Å². The van der Waals surface area contributed by atoms with Crippen molar-refractivity contribution < 1.29 is 23.4 Å². The largest absolute Gasteiger partial charge is 0.421 e. The molecule has 1 aromatic rings. The molecule has 122 valence electrons. The lowest BCUT2D eigenvalue weighted by atomic mass is 10.2. The fourth-order valence-corrected chi connectivity index (χ4v) is 4.08. The maximum absolute atomic E-state index is 12.0. The predicted molar refractivity (Wildman–Crippen MR) is 90.7 cm³/mol. The molecule has 1 rings (SSSR count). The minimum Gasteiger partial charge on any atom is -0.410 e. The van der Waals surface area contributed by atoms with Crippen LogP contribution < -0.4 is 4.74 Å². The average Bonchev–Trinajstić information content (AvgIpc) is 2.53. The quantitative estimate of drug-likeness (QED) is 0.719. The predicted octanol–water partition coefficient (Wildman–Crippen LogP) is 3.20. The van der Waals surface area contributed by atoms with Crippen LogP contribution in [0.4, 0.5) is 4.79 Å². The second-order valence-electron chi connectivity index (χ2n) is 4.17. The third-order valence-corrected chi connectivity index (χ3v) is 8.39. The van der Waals surface area contributed by atoms with Gasteiger partial charge in [0.2, 0.25) is 11.6 Å². The number of carbonyl (C=O) groups is 2. The second kappa shape index (κ2) is 8.64. The Morgan fingerprint density at radius 1 is 1.27 bits per heavy atom. The monoisotopic (exact) mass is 363 g/mol. The Morgan fingerprint density at radius 3 is 2.41 bits per heavy atom. The lowest BCUT2D eigenvalue weighted by molar-refractivity contribution is -0.125. The van der Waals surface area contributed by atoms with E-state index in [0.29, 0.717) is 5.75 Å². The molecule has 2 amide bonds. The van der Waals surface area contributed by atoms with E-state index in [9.17, 15) is 9.59 Å². The first-order valence-electron chi connectivity index (χ1n) is 6.23. The van der Waals surface area contributed by atoms with Crippen LogP contribution in [0, 0.1) is 6.92 Å². The lowest BCUT2D eigenvalue weighted by Gasteiger charge is -2.19. The summed E-state index contributed by atoms with van der Waals surface area (Å²) in [5, 5.41) is 0. The van der Waals surface area contributed by atoms with Gasteiger partial charge in [0.15, 0.2) is 0 Å². The number of para-hydroxylation sites is 1. The van der Waals surface area contributed by atoms with Crippen LogP contribution in [0.15, 0.2) is 24.3 Å². The molecule has 0 aliphatic heterocycles. The third-order valence-electron chi connectivity index (χ3n) is 2.73. The maximum Gasteiger partial charge on any atom is 0.421 e. The molecule has 0 spiro atoms.